The first-order valence-corrected chi connectivity index (χ1v) is 10.6. The molecule has 144 valence electrons. The number of aryl methyl sites for hydroxylation is 2. The summed E-state index contributed by atoms with van der Waals surface area (Å²) in [5, 5.41) is 12.8. The third kappa shape index (κ3) is 4.11. The van der Waals surface area contributed by atoms with E-state index in [4.69, 9.17) is 5.26 Å². The molecule has 0 fully saturated rings. The molecule has 3 rings (SSSR count). The third-order valence-electron chi connectivity index (χ3n) is 4.42. The molecule has 2 heterocycles. The van der Waals surface area contributed by atoms with Crippen molar-refractivity contribution in [3.05, 3.63) is 50.6 Å². The number of nitriles is 1. The van der Waals surface area contributed by atoms with Gasteiger partial charge in [0.1, 0.15) is 4.83 Å². The quantitative estimate of drug-likeness (QED) is 0.490. The van der Waals surface area contributed by atoms with Crippen molar-refractivity contribution in [2.75, 3.05) is 11.1 Å². The van der Waals surface area contributed by atoms with Crippen LogP contribution in [0.3, 0.4) is 0 Å². The smallest absolute Gasteiger partial charge is 0.263 e. The fourth-order valence-electron chi connectivity index (χ4n) is 2.82. The summed E-state index contributed by atoms with van der Waals surface area (Å²) < 4.78 is 1.62. The van der Waals surface area contributed by atoms with Crippen molar-refractivity contribution < 1.29 is 4.79 Å². The Morgan fingerprint density at radius 3 is 2.68 bits per heavy atom. The minimum atomic E-state index is -0.173. The van der Waals surface area contributed by atoms with Gasteiger partial charge in [-0.15, -0.1) is 11.3 Å². The Labute approximate surface area is 171 Å². The zero-order chi connectivity index (χ0) is 20.3. The molecule has 0 bridgehead atoms. The average molecular weight is 413 g/mol. The Hall–Kier alpha value is -2.63. The van der Waals surface area contributed by atoms with E-state index >= 15 is 0 Å². The van der Waals surface area contributed by atoms with E-state index in [1.807, 2.05) is 32.9 Å². The summed E-state index contributed by atoms with van der Waals surface area (Å²) >= 11 is 2.76. The maximum Gasteiger partial charge on any atom is 0.263 e. The number of thiophene rings is 1. The fourth-order valence-corrected chi connectivity index (χ4v) is 4.76. The van der Waals surface area contributed by atoms with Crippen LogP contribution in [0.25, 0.3) is 10.2 Å². The molecule has 0 aliphatic rings. The zero-order valence-corrected chi connectivity index (χ0v) is 17.5. The lowest BCUT2D eigenvalue weighted by atomic mass is 10.1. The van der Waals surface area contributed by atoms with Gasteiger partial charge in [0, 0.05) is 17.1 Å². The van der Waals surface area contributed by atoms with Crippen LogP contribution in [0.15, 0.2) is 34.2 Å². The maximum atomic E-state index is 12.8. The van der Waals surface area contributed by atoms with Gasteiger partial charge in [-0.3, -0.25) is 14.2 Å². The van der Waals surface area contributed by atoms with E-state index in [1.54, 1.807) is 16.7 Å². The predicted molar refractivity (Wildman–Crippen MR) is 114 cm³/mol. The molecule has 0 atom stereocenters. The van der Waals surface area contributed by atoms with Gasteiger partial charge in [0.05, 0.1) is 23.6 Å². The Morgan fingerprint density at radius 2 is 2.04 bits per heavy atom. The van der Waals surface area contributed by atoms with Crippen LogP contribution in [0.1, 0.15) is 22.9 Å². The maximum absolute atomic E-state index is 12.8. The monoisotopic (exact) mass is 412 g/mol. The van der Waals surface area contributed by atoms with E-state index in [-0.39, 0.29) is 17.2 Å². The van der Waals surface area contributed by atoms with Crippen LogP contribution in [-0.4, -0.2) is 21.2 Å². The molecule has 0 aliphatic carbocycles. The minimum Gasteiger partial charge on any atom is -0.325 e. The molecule has 2 aromatic heterocycles. The van der Waals surface area contributed by atoms with Crippen LogP contribution in [0.2, 0.25) is 0 Å². The molecule has 0 unspecified atom stereocenters. The molecule has 6 nitrogen and oxygen atoms in total. The Balaban J connectivity index is 1.75. The highest BCUT2D eigenvalue weighted by molar-refractivity contribution is 7.99. The molecule has 0 saturated heterocycles. The van der Waals surface area contributed by atoms with E-state index in [0.29, 0.717) is 29.2 Å². The number of aromatic nitrogens is 2. The fraction of sp³-hybridized carbons (Fsp3) is 0.300. The van der Waals surface area contributed by atoms with Gasteiger partial charge >= 0.3 is 0 Å². The average Bonchev–Trinajstić information content (AvgIpc) is 2.96. The lowest BCUT2D eigenvalue weighted by molar-refractivity contribution is -0.113. The molecule has 1 aromatic carbocycles. The van der Waals surface area contributed by atoms with Gasteiger partial charge in [-0.1, -0.05) is 23.9 Å². The number of thioether (sulfide) groups is 1. The molecular weight excluding hydrogens is 392 g/mol. The SMILES string of the molecule is CCn1c(SCC(=O)Nc2ccc(CC#N)cc2)nc2sc(C)c(C)c2c1=O. The summed E-state index contributed by atoms with van der Waals surface area (Å²) in [4.78, 5) is 31.6. The summed E-state index contributed by atoms with van der Waals surface area (Å²) in [6, 6.07) is 9.28. The lowest BCUT2D eigenvalue weighted by Crippen LogP contribution is -2.23. The number of rotatable bonds is 6. The third-order valence-corrected chi connectivity index (χ3v) is 6.50. The molecule has 0 saturated carbocycles. The number of nitrogens with zero attached hydrogens (tertiary/aromatic N) is 3. The molecule has 3 aromatic rings. The molecule has 28 heavy (non-hydrogen) atoms. The number of carbonyl (C=O) groups excluding carboxylic acids is 1. The van der Waals surface area contributed by atoms with Gasteiger partial charge in [0.15, 0.2) is 5.16 Å². The van der Waals surface area contributed by atoms with E-state index in [9.17, 15) is 9.59 Å². The topological polar surface area (TPSA) is 87.8 Å². The number of hydrogen-bond donors (Lipinski definition) is 1. The lowest BCUT2D eigenvalue weighted by Gasteiger charge is -2.10. The number of benzene rings is 1. The van der Waals surface area contributed by atoms with Crippen molar-refractivity contribution >= 4 is 44.9 Å². The first-order chi connectivity index (χ1) is 13.4. The minimum absolute atomic E-state index is 0.0506. The highest BCUT2D eigenvalue weighted by Gasteiger charge is 2.17. The molecule has 0 aliphatic heterocycles. The van der Waals surface area contributed by atoms with Gasteiger partial charge < -0.3 is 5.32 Å². The number of anilines is 1. The summed E-state index contributed by atoms with van der Waals surface area (Å²) in [5.41, 5.74) is 2.51. The Kier molecular flexibility index (Phi) is 6.17. The molecule has 8 heteroatoms. The van der Waals surface area contributed by atoms with Crippen LogP contribution < -0.4 is 10.9 Å². The number of fused-ring (bicyclic) bond motifs is 1. The van der Waals surface area contributed by atoms with Crippen molar-refractivity contribution in [3.63, 3.8) is 0 Å². The van der Waals surface area contributed by atoms with Crippen molar-refractivity contribution in [1.82, 2.24) is 9.55 Å². The predicted octanol–water partition coefficient (Wildman–Crippen LogP) is 3.89. The molecule has 1 amide bonds. The number of hydrogen-bond acceptors (Lipinski definition) is 6. The van der Waals surface area contributed by atoms with Crippen LogP contribution in [-0.2, 0) is 17.8 Å². The van der Waals surface area contributed by atoms with Crippen LogP contribution in [0.4, 0.5) is 5.69 Å². The van der Waals surface area contributed by atoms with E-state index in [2.05, 4.69) is 16.4 Å². The van der Waals surface area contributed by atoms with Crippen molar-refractivity contribution in [2.24, 2.45) is 0 Å². The van der Waals surface area contributed by atoms with Crippen LogP contribution in [0.5, 0.6) is 0 Å². The Morgan fingerprint density at radius 1 is 1.32 bits per heavy atom. The summed E-state index contributed by atoms with van der Waals surface area (Å²) in [7, 11) is 0. The van der Waals surface area contributed by atoms with Crippen LogP contribution >= 0.6 is 23.1 Å². The van der Waals surface area contributed by atoms with Gasteiger partial charge in [-0.2, -0.15) is 5.26 Å². The second-order valence-corrected chi connectivity index (χ2v) is 8.42. The van der Waals surface area contributed by atoms with E-state index < -0.39 is 0 Å². The van der Waals surface area contributed by atoms with Crippen molar-refractivity contribution in [2.45, 2.75) is 38.9 Å². The van der Waals surface area contributed by atoms with Gasteiger partial charge in [-0.05, 0) is 44.0 Å². The summed E-state index contributed by atoms with van der Waals surface area (Å²) in [5.74, 6) is -0.0186. The second-order valence-electron chi connectivity index (χ2n) is 6.28. The zero-order valence-electron chi connectivity index (χ0n) is 15.9. The first-order valence-electron chi connectivity index (χ1n) is 8.83. The normalized spacial score (nSPS) is 10.8. The highest BCUT2D eigenvalue weighted by Crippen LogP contribution is 2.28. The molecule has 0 spiro atoms. The van der Waals surface area contributed by atoms with E-state index in [0.717, 1.165) is 20.8 Å². The summed E-state index contributed by atoms with van der Waals surface area (Å²) in [6.45, 7) is 6.33. The number of carbonyl (C=O) groups is 1. The summed E-state index contributed by atoms with van der Waals surface area (Å²) in [6.07, 6.45) is 0.342. The van der Waals surface area contributed by atoms with Gasteiger partial charge in [-0.25, -0.2) is 4.98 Å². The standard InChI is InChI=1S/C20H20N4O2S2/c1-4-24-19(26)17-12(2)13(3)28-18(17)23-20(24)27-11-16(25)22-15-7-5-14(6-8-15)9-10-21/h5-8H,4,9,11H2,1-3H3,(H,22,25). The van der Waals surface area contributed by atoms with Crippen LogP contribution in [0, 0.1) is 25.2 Å². The number of amides is 1. The van der Waals surface area contributed by atoms with Gasteiger partial charge in [0.25, 0.3) is 5.56 Å². The largest absolute Gasteiger partial charge is 0.325 e. The van der Waals surface area contributed by atoms with Crippen molar-refractivity contribution in [3.8, 4) is 6.07 Å². The second kappa shape index (κ2) is 8.59. The molecular formula is C20H20N4O2S2. The van der Waals surface area contributed by atoms with Crippen molar-refractivity contribution in [1.29, 1.82) is 5.26 Å². The van der Waals surface area contributed by atoms with Gasteiger partial charge in [0.2, 0.25) is 5.91 Å². The Bertz CT molecular complexity index is 1120. The molecule has 0 radical (unpaired) electrons. The first kappa shape index (κ1) is 20.1. The van der Waals surface area contributed by atoms with E-state index in [1.165, 1.54) is 23.1 Å². The molecule has 1 N–H and O–H groups in total. The number of nitrogens with one attached hydrogen (secondary N) is 1. The highest BCUT2D eigenvalue weighted by atomic mass is 32.2.